The third kappa shape index (κ3) is 4.22. The average molecular weight is 110 g/mol. The van der Waals surface area contributed by atoms with Crippen molar-refractivity contribution in [1.29, 1.82) is 0 Å². The van der Waals surface area contributed by atoms with E-state index in [4.69, 9.17) is 11.6 Å². The number of hydrogen-bond acceptors (Lipinski definition) is 0. The number of alkyl halides is 2. The molecule has 0 aliphatic rings. The molecule has 0 rings (SSSR count). The van der Waals surface area contributed by atoms with Crippen molar-refractivity contribution >= 4 is 11.6 Å². The molecular weight excluding hydrogens is 102 g/mol. The Kier molecular flexibility index (Phi) is 3.54. The lowest BCUT2D eigenvalue weighted by atomic mass is 10.3. The molecule has 6 heavy (non-hydrogen) atoms. The molecule has 0 bridgehead atoms. The lowest BCUT2D eigenvalue weighted by Gasteiger charge is -1.89. The van der Waals surface area contributed by atoms with E-state index in [1.54, 1.807) is 0 Å². The van der Waals surface area contributed by atoms with Gasteiger partial charge in [0.05, 0.1) is 0 Å². The molecule has 0 saturated carbocycles. The van der Waals surface area contributed by atoms with Crippen LogP contribution in [0.1, 0.15) is 6.92 Å². The van der Waals surface area contributed by atoms with Gasteiger partial charge >= 0.3 is 0 Å². The van der Waals surface area contributed by atoms with Crippen LogP contribution in [0.2, 0.25) is 0 Å². The first-order valence-corrected chi connectivity index (χ1v) is 2.34. The highest BCUT2D eigenvalue weighted by molar-refractivity contribution is 6.18. The largest absolute Gasteiger partial charge is 0.247 e. The zero-order valence-electron chi connectivity index (χ0n) is 3.62. The molecule has 0 saturated heterocycles. The minimum Gasteiger partial charge on any atom is -0.247 e. The highest BCUT2D eigenvalue weighted by atomic mass is 35.5. The van der Waals surface area contributed by atoms with Gasteiger partial charge in [-0.1, -0.05) is 0 Å². The summed E-state index contributed by atoms with van der Waals surface area (Å²) in [6.45, 7) is 1.45. The molecular formula is C4H7ClF. The van der Waals surface area contributed by atoms with Gasteiger partial charge in [0.15, 0.2) is 0 Å². The van der Waals surface area contributed by atoms with Gasteiger partial charge in [-0.05, 0) is 6.92 Å². The predicted octanol–water partition coefficient (Wildman–Crippen LogP) is 1.79. The Morgan fingerprint density at radius 3 is 2.50 bits per heavy atom. The molecule has 0 aromatic carbocycles. The molecule has 0 N–H and O–H groups in total. The van der Waals surface area contributed by atoms with Crippen molar-refractivity contribution in [1.82, 2.24) is 0 Å². The summed E-state index contributed by atoms with van der Waals surface area (Å²) in [5.74, 6) is 0.303. The second-order valence-electron chi connectivity index (χ2n) is 1.07. The van der Waals surface area contributed by atoms with Crippen LogP contribution in [-0.4, -0.2) is 12.1 Å². The molecule has 37 valence electrons. The maximum Gasteiger partial charge on any atom is 0.102 e. The number of hydrogen-bond donors (Lipinski definition) is 0. The summed E-state index contributed by atoms with van der Waals surface area (Å²) in [6, 6.07) is 0. The van der Waals surface area contributed by atoms with E-state index < -0.39 is 6.17 Å². The van der Waals surface area contributed by atoms with E-state index in [0.29, 0.717) is 5.88 Å². The summed E-state index contributed by atoms with van der Waals surface area (Å²) in [7, 11) is 0. The zero-order valence-corrected chi connectivity index (χ0v) is 4.37. The molecule has 1 atom stereocenters. The zero-order chi connectivity index (χ0) is 4.99. The molecule has 0 heterocycles. The third-order valence-corrected chi connectivity index (χ3v) is 0.592. The Bertz CT molecular complexity index is 28.7. The van der Waals surface area contributed by atoms with Crippen molar-refractivity contribution in [2.45, 2.75) is 13.1 Å². The van der Waals surface area contributed by atoms with Crippen molar-refractivity contribution in [2.24, 2.45) is 0 Å². The minimum atomic E-state index is -0.859. The van der Waals surface area contributed by atoms with Gasteiger partial charge in [0, 0.05) is 12.3 Å². The van der Waals surface area contributed by atoms with Gasteiger partial charge in [-0.3, -0.25) is 0 Å². The first-order chi connectivity index (χ1) is 2.77. The molecule has 1 radical (unpaired) electrons. The maximum absolute atomic E-state index is 11.6. The summed E-state index contributed by atoms with van der Waals surface area (Å²) < 4.78 is 11.6. The van der Waals surface area contributed by atoms with Crippen LogP contribution in [0.15, 0.2) is 0 Å². The molecule has 0 fully saturated rings. The lowest BCUT2D eigenvalue weighted by Crippen LogP contribution is -1.92. The molecule has 0 aromatic rings. The molecule has 0 aliphatic carbocycles. The molecule has 0 aromatic heterocycles. The quantitative estimate of drug-likeness (QED) is 0.475. The maximum atomic E-state index is 11.6. The number of rotatable bonds is 2. The van der Waals surface area contributed by atoms with Gasteiger partial charge in [-0.2, -0.15) is 0 Å². The molecule has 2 heteroatoms. The Morgan fingerprint density at radius 1 is 2.00 bits per heavy atom. The second-order valence-corrected chi connectivity index (χ2v) is 1.38. The summed E-state index contributed by atoms with van der Waals surface area (Å²) in [5, 5.41) is 0. The number of halogens is 2. The van der Waals surface area contributed by atoms with E-state index in [0.717, 1.165) is 0 Å². The average Bonchev–Trinajstić information content (AvgIpc) is 1.35. The van der Waals surface area contributed by atoms with Gasteiger partial charge < -0.3 is 0 Å². The molecule has 0 amide bonds. The summed E-state index contributed by atoms with van der Waals surface area (Å²) in [4.78, 5) is 0. The molecule has 1 unspecified atom stereocenters. The van der Waals surface area contributed by atoms with Crippen molar-refractivity contribution in [3.63, 3.8) is 0 Å². The Morgan fingerprint density at radius 2 is 2.50 bits per heavy atom. The monoisotopic (exact) mass is 109 g/mol. The fourth-order valence-corrected chi connectivity index (χ4v) is 0.368. The molecule has 0 aliphatic heterocycles. The minimum absolute atomic E-state index is 0.303. The van der Waals surface area contributed by atoms with E-state index in [2.05, 4.69) is 0 Å². The lowest BCUT2D eigenvalue weighted by molar-refractivity contribution is 0.408. The van der Waals surface area contributed by atoms with Crippen molar-refractivity contribution in [3.05, 3.63) is 6.42 Å². The van der Waals surface area contributed by atoms with Gasteiger partial charge in [0.2, 0.25) is 0 Å². The summed E-state index contributed by atoms with van der Waals surface area (Å²) >= 11 is 5.10. The van der Waals surface area contributed by atoms with E-state index in [9.17, 15) is 4.39 Å². The Balaban J connectivity index is 2.63. The predicted molar refractivity (Wildman–Crippen MR) is 25.6 cm³/mol. The summed E-state index contributed by atoms with van der Waals surface area (Å²) in [6.07, 6.45) is 0.532. The van der Waals surface area contributed by atoms with E-state index in [-0.39, 0.29) is 0 Å². The van der Waals surface area contributed by atoms with Crippen LogP contribution < -0.4 is 0 Å². The van der Waals surface area contributed by atoms with Crippen LogP contribution in [-0.2, 0) is 0 Å². The van der Waals surface area contributed by atoms with Crippen LogP contribution in [0.5, 0.6) is 0 Å². The van der Waals surface area contributed by atoms with Gasteiger partial charge in [-0.15, -0.1) is 11.6 Å². The highest BCUT2D eigenvalue weighted by Crippen LogP contribution is 1.93. The third-order valence-electron chi connectivity index (χ3n) is 0.414. The Hall–Kier alpha value is 0.220. The standard InChI is InChI=1S/C4H7ClF/c1-4(6)2-3-5/h2,4H,3H2,1H3. The fourth-order valence-electron chi connectivity index (χ4n) is 0.123. The van der Waals surface area contributed by atoms with Crippen molar-refractivity contribution < 1.29 is 4.39 Å². The first kappa shape index (κ1) is 6.22. The van der Waals surface area contributed by atoms with Crippen LogP contribution in [0.25, 0.3) is 0 Å². The van der Waals surface area contributed by atoms with Crippen molar-refractivity contribution in [3.8, 4) is 0 Å². The van der Waals surface area contributed by atoms with E-state index in [1.807, 2.05) is 0 Å². The van der Waals surface area contributed by atoms with Crippen LogP contribution >= 0.6 is 11.6 Å². The van der Waals surface area contributed by atoms with Gasteiger partial charge in [-0.25, -0.2) is 4.39 Å². The topological polar surface area (TPSA) is 0 Å². The highest BCUT2D eigenvalue weighted by Gasteiger charge is 1.92. The SMILES string of the molecule is CC(F)[CH]CCl. The Labute approximate surface area is 42.3 Å². The van der Waals surface area contributed by atoms with E-state index in [1.165, 1.54) is 13.3 Å². The van der Waals surface area contributed by atoms with Gasteiger partial charge in [0.25, 0.3) is 0 Å². The molecule has 0 nitrogen and oxygen atoms in total. The molecule has 0 spiro atoms. The second kappa shape index (κ2) is 3.41. The summed E-state index contributed by atoms with van der Waals surface area (Å²) in [5.41, 5.74) is 0. The normalized spacial score (nSPS) is 14.5. The first-order valence-electron chi connectivity index (χ1n) is 1.80. The van der Waals surface area contributed by atoms with E-state index >= 15 is 0 Å². The van der Waals surface area contributed by atoms with Gasteiger partial charge in [0.1, 0.15) is 6.17 Å². The van der Waals surface area contributed by atoms with Crippen LogP contribution in [0.4, 0.5) is 4.39 Å². The fraction of sp³-hybridized carbons (Fsp3) is 0.750. The smallest absolute Gasteiger partial charge is 0.102 e. The van der Waals surface area contributed by atoms with Crippen LogP contribution in [0.3, 0.4) is 0 Å². The van der Waals surface area contributed by atoms with Crippen LogP contribution in [0, 0.1) is 6.42 Å². The van der Waals surface area contributed by atoms with Crippen molar-refractivity contribution in [2.75, 3.05) is 5.88 Å².